The van der Waals surface area contributed by atoms with Crippen molar-refractivity contribution >= 4 is 5.91 Å². The van der Waals surface area contributed by atoms with Gasteiger partial charge in [-0.25, -0.2) is 15.4 Å². The smallest absolute Gasteiger partial charge is 0.239 e. The SMILES string of the molecule is CC(NC(=O)C1CCNN1)c1ccc(-c2cncnc2)cc1. The molecule has 114 valence electrons. The number of hydrogen-bond acceptors (Lipinski definition) is 5. The van der Waals surface area contributed by atoms with Gasteiger partial charge in [0.05, 0.1) is 6.04 Å². The van der Waals surface area contributed by atoms with Gasteiger partial charge in [-0.3, -0.25) is 10.2 Å². The van der Waals surface area contributed by atoms with E-state index >= 15 is 0 Å². The molecular formula is C16H19N5O. The van der Waals surface area contributed by atoms with Crippen LogP contribution in [-0.4, -0.2) is 28.5 Å². The van der Waals surface area contributed by atoms with Crippen LogP contribution in [0.2, 0.25) is 0 Å². The third-order valence-electron chi connectivity index (χ3n) is 3.81. The third kappa shape index (κ3) is 3.29. The van der Waals surface area contributed by atoms with Crippen LogP contribution in [-0.2, 0) is 4.79 Å². The Morgan fingerprint density at radius 1 is 1.23 bits per heavy atom. The highest BCUT2D eigenvalue weighted by Gasteiger charge is 2.23. The highest BCUT2D eigenvalue weighted by Crippen LogP contribution is 2.20. The zero-order valence-corrected chi connectivity index (χ0v) is 12.4. The molecule has 22 heavy (non-hydrogen) atoms. The van der Waals surface area contributed by atoms with Gasteiger partial charge in [-0.1, -0.05) is 24.3 Å². The quantitative estimate of drug-likeness (QED) is 0.790. The van der Waals surface area contributed by atoms with Gasteiger partial charge in [0.25, 0.3) is 0 Å². The summed E-state index contributed by atoms with van der Waals surface area (Å²) in [6.45, 7) is 2.81. The van der Waals surface area contributed by atoms with E-state index in [1.165, 1.54) is 6.33 Å². The standard InChI is InChI=1S/C16H19N5O/c1-11(20-16(22)15-6-7-19-21-15)12-2-4-13(5-3-12)14-8-17-10-18-9-14/h2-5,8-11,15,19,21H,6-7H2,1H3,(H,20,22). The van der Waals surface area contributed by atoms with E-state index in [9.17, 15) is 4.79 Å². The van der Waals surface area contributed by atoms with Crippen molar-refractivity contribution in [2.24, 2.45) is 0 Å². The molecule has 1 aromatic heterocycles. The van der Waals surface area contributed by atoms with Gasteiger partial charge < -0.3 is 5.32 Å². The molecule has 3 N–H and O–H groups in total. The number of amides is 1. The van der Waals surface area contributed by atoms with Crippen molar-refractivity contribution in [1.29, 1.82) is 0 Å². The summed E-state index contributed by atoms with van der Waals surface area (Å²) in [4.78, 5) is 20.1. The number of nitrogens with one attached hydrogen (secondary N) is 3. The summed E-state index contributed by atoms with van der Waals surface area (Å²) in [6.07, 6.45) is 5.89. The lowest BCUT2D eigenvalue weighted by atomic mass is 10.0. The second-order valence-electron chi connectivity index (χ2n) is 5.39. The molecule has 1 fully saturated rings. The van der Waals surface area contributed by atoms with E-state index < -0.39 is 0 Å². The van der Waals surface area contributed by atoms with Crippen molar-refractivity contribution in [3.05, 3.63) is 48.5 Å². The fraction of sp³-hybridized carbons (Fsp3) is 0.312. The first-order valence-electron chi connectivity index (χ1n) is 7.38. The van der Waals surface area contributed by atoms with Crippen LogP contribution < -0.4 is 16.2 Å². The molecule has 0 aliphatic carbocycles. The molecule has 0 saturated carbocycles. The zero-order valence-electron chi connectivity index (χ0n) is 12.4. The van der Waals surface area contributed by atoms with Gasteiger partial charge in [-0.2, -0.15) is 0 Å². The normalized spacial score (nSPS) is 18.9. The Morgan fingerprint density at radius 2 is 1.95 bits per heavy atom. The maximum Gasteiger partial charge on any atom is 0.239 e. The van der Waals surface area contributed by atoms with Crippen molar-refractivity contribution in [3.63, 3.8) is 0 Å². The van der Waals surface area contributed by atoms with E-state index in [4.69, 9.17) is 0 Å². The Morgan fingerprint density at radius 3 is 2.59 bits per heavy atom. The molecule has 6 heteroatoms. The molecule has 0 spiro atoms. The van der Waals surface area contributed by atoms with Crippen LogP contribution in [0.15, 0.2) is 43.0 Å². The number of hydrazine groups is 1. The van der Waals surface area contributed by atoms with Crippen molar-refractivity contribution in [2.45, 2.75) is 25.4 Å². The molecule has 2 aromatic rings. The first kappa shape index (κ1) is 14.6. The van der Waals surface area contributed by atoms with Crippen LogP contribution in [0.25, 0.3) is 11.1 Å². The minimum Gasteiger partial charge on any atom is -0.348 e. The van der Waals surface area contributed by atoms with Gasteiger partial charge in [0.2, 0.25) is 5.91 Å². The summed E-state index contributed by atoms with van der Waals surface area (Å²) in [5.41, 5.74) is 9.04. The highest BCUT2D eigenvalue weighted by molar-refractivity contribution is 5.82. The second-order valence-corrected chi connectivity index (χ2v) is 5.39. The van der Waals surface area contributed by atoms with Crippen molar-refractivity contribution in [2.75, 3.05) is 6.54 Å². The Bertz CT molecular complexity index is 623. The average molecular weight is 297 g/mol. The Hall–Kier alpha value is -2.31. The fourth-order valence-corrected chi connectivity index (χ4v) is 2.49. The van der Waals surface area contributed by atoms with E-state index in [-0.39, 0.29) is 18.0 Å². The molecule has 2 atom stereocenters. The summed E-state index contributed by atoms with van der Waals surface area (Å²) < 4.78 is 0. The third-order valence-corrected chi connectivity index (χ3v) is 3.81. The number of carbonyl (C=O) groups excluding carboxylic acids is 1. The first-order chi connectivity index (χ1) is 10.7. The molecule has 2 heterocycles. The van der Waals surface area contributed by atoms with Crippen molar-refractivity contribution < 1.29 is 4.79 Å². The van der Waals surface area contributed by atoms with Gasteiger partial charge in [-0.05, 0) is 24.5 Å². The largest absolute Gasteiger partial charge is 0.348 e. The lowest BCUT2D eigenvalue weighted by Gasteiger charge is -2.17. The summed E-state index contributed by atoms with van der Waals surface area (Å²) in [5.74, 6) is 0.0260. The Labute approximate surface area is 129 Å². The summed E-state index contributed by atoms with van der Waals surface area (Å²) in [5, 5.41) is 3.03. The fourth-order valence-electron chi connectivity index (χ4n) is 2.49. The molecule has 1 aliphatic rings. The maximum atomic E-state index is 12.1. The van der Waals surface area contributed by atoms with E-state index in [1.54, 1.807) is 12.4 Å². The molecular weight excluding hydrogens is 278 g/mol. The minimum atomic E-state index is -0.150. The van der Waals surface area contributed by atoms with Crippen LogP contribution in [0, 0.1) is 0 Å². The Balaban J connectivity index is 1.66. The lowest BCUT2D eigenvalue weighted by molar-refractivity contribution is -0.123. The summed E-state index contributed by atoms with van der Waals surface area (Å²) in [7, 11) is 0. The van der Waals surface area contributed by atoms with E-state index in [0.29, 0.717) is 0 Å². The van der Waals surface area contributed by atoms with E-state index in [0.717, 1.165) is 29.7 Å². The van der Waals surface area contributed by atoms with E-state index in [2.05, 4.69) is 26.1 Å². The molecule has 1 amide bonds. The van der Waals surface area contributed by atoms with Gasteiger partial charge in [-0.15, -0.1) is 0 Å². The first-order valence-corrected chi connectivity index (χ1v) is 7.38. The van der Waals surface area contributed by atoms with Crippen LogP contribution >= 0.6 is 0 Å². The second kappa shape index (κ2) is 6.64. The molecule has 1 aromatic carbocycles. The minimum absolute atomic E-state index is 0.0260. The number of hydrogen-bond donors (Lipinski definition) is 3. The summed E-state index contributed by atoms with van der Waals surface area (Å²) >= 11 is 0. The van der Waals surface area contributed by atoms with Crippen LogP contribution in [0.5, 0.6) is 0 Å². The monoisotopic (exact) mass is 297 g/mol. The van der Waals surface area contributed by atoms with Gasteiger partial charge in [0, 0.05) is 24.5 Å². The van der Waals surface area contributed by atoms with E-state index in [1.807, 2.05) is 31.2 Å². The number of rotatable bonds is 4. The van der Waals surface area contributed by atoms with Crippen LogP contribution in [0.1, 0.15) is 24.9 Å². The molecule has 6 nitrogen and oxygen atoms in total. The number of carbonyl (C=O) groups is 1. The molecule has 0 radical (unpaired) electrons. The van der Waals surface area contributed by atoms with Gasteiger partial charge in [0.15, 0.2) is 0 Å². The topological polar surface area (TPSA) is 78.9 Å². The molecule has 3 rings (SSSR count). The van der Waals surface area contributed by atoms with Gasteiger partial charge >= 0.3 is 0 Å². The van der Waals surface area contributed by atoms with Crippen LogP contribution in [0.3, 0.4) is 0 Å². The zero-order chi connectivity index (χ0) is 15.4. The summed E-state index contributed by atoms with van der Waals surface area (Å²) in [6, 6.07) is 7.90. The van der Waals surface area contributed by atoms with Crippen molar-refractivity contribution in [3.8, 4) is 11.1 Å². The highest BCUT2D eigenvalue weighted by atomic mass is 16.2. The lowest BCUT2D eigenvalue weighted by Crippen LogP contribution is -2.43. The average Bonchev–Trinajstić information content (AvgIpc) is 3.10. The van der Waals surface area contributed by atoms with Crippen molar-refractivity contribution in [1.82, 2.24) is 26.1 Å². The Kier molecular flexibility index (Phi) is 4.41. The predicted octanol–water partition coefficient (Wildman–Crippen LogP) is 1.19. The predicted molar refractivity (Wildman–Crippen MR) is 83.6 cm³/mol. The molecule has 0 bridgehead atoms. The molecule has 1 saturated heterocycles. The number of nitrogens with zero attached hydrogens (tertiary/aromatic N) is 2. The maximum absolute atomic E-state index is 12.1. The number of benzene rings is 1. The number of aromatic nitrogens is 2. The van der Waals surface area contributed by atoms with Gasteiger partial charge in [0.1, 0.15) is 12.4 Å². The molecule has 1 aliphatic heterocycles. The molecule has 2 unspecified atom stereocenters. The van der Waals surface area contributed by atoms with Crippen LogP contribution in [0.4, 0.5) is 0 Å².